The molecule has 0 radical (unpaired) electrons. The quantitative estimate of drug-likeness (QED) is 0.824. The number of anilines is 1. The van der Waals surface area contributed by atoms with Crippen molar-refractivity contribution in [2.75, 3.05) is 25.0 Å². The summed E-state index contributed by atoms with van der Waals surface area (Å²) in [5.41, 5.74) is 0.816. The number of nitrogens with zero attached hydrogens (tertiary/aromatic N) is 6. The summed E-state index contributed by atoms with van der Waals surface area (Å²) in [6.07, 6.45) is 8.13. The monoisotopic (exact) mass is 354 g/mol. The molecule has 0 bridgehead atoms. The Bertz CT molecular complexity index is 817. The van der Waals surface area contributed by atoms with Gasteiger partial charge in [-0.15, -0.1) is 15.3 Å². The maximum absolute atomic E-state index is 12.5. The molecule has 2 aromatic rings. The molecular weight excluding hydrogens is 328 g/mol. The van der Waals surface area contributed by atoms with E-state index in [-0.39, 0.29) is 0 Å². The van der Waals surface area contributed by atoms with Gasteiger partial charge in [0.2, 0.25) is 5.91 Å². The van der Waals surface area contributed by atoms with Gasteiger partial charge in [-0.3, -0.25) is 4.79 Å². The number of carbonyl (C=O) groups excluding carboxylic acids is 1. The molecule has 3 heterocycles. The SMILES string of the molecule is CN(C(=O)CC1CCCC1)C1CN(c2ccc3nnc(C4CC4)n3n2)C1. The second kappa shape index (κ2) is 6.21. The van der Waals surface area contributed by atoms with E-state index in [2.05, 4.69) is 15.1 Å². The van der Waals surface area contributed by atoms with Crippen LogP contribution >= 0.6 is 0 Å². The Balaban J connectivity index is 1.22. The van der Waals surface area contributed by atoms with Gasteiger partial charge in [0.1, 0.15) is 5.82 Å². The van der Waals surface area contributed by atoms with Gasteiger partial charge in [-0.2, -0.15) is 4.52 Å². The zero-order valence-corrected chi connectivity index (χ0v) is 15.3. The Morgan fingerprint density at radius 1 is 1.15 bits per heavy atom. The highest BCUT2D eigenvalue weighted by Crippen LogP contribution is 2.39. The van der Waals surface area contributed by atoms with E-state index in [4.69, 9.17) is 5.10 Å². The molecule has 0 N–H and O–H groups in total. The molecule has 2 saturated carbocycles. The molecule has 0 aromatic carbocycles. The number of hydrogen-bond donors (Lipinski definition) is 0. The summed E-state index contributed by atoms with van der Waals surface area (Å²) in [6.45, 7) is 1.71. The van der Waals surface area contributed by atoms with Crippen molar-refractivity contribution in [3.8, 4) is 0 Å². The molecule has 1 amide bonds. The predicted molar refractivity (Wildman–Crippen MR) is 98.1 cm³/mol. The smallest absolute Gasteiger partial charge is 0.222 e. The maximum atomic E-state index is 12.5. The first kappa shape index (κ1) is 16.0. The number of likely N-dealkylation sites (N-methyl/N-ethyl adjacent to an activating group) is 1. The van der Waals surface area contributed by atoms with Crippen molar-refractivity contribution in [3.63, 3.8) is 0 Å². The molecule has 5 rings (SSSR count). The lowest BCUT2D eigenvalue weighted by atomic mass is 10.0. The summed E-state index contributed by atoms with van der Waals surface area (Å²) < 4.78 is 1.90. The number of amides is 1. The number of carbonyl (C=O) groups is 1. The van der Waals surface area contributed by atoms with E-state index in [0.717, 1.165) is 36.8 Å². The highest BCUT2D eigenvalue weighted by Gasteiger charge is 2.35. The third kappa shape index (κ3) is 2.83. The van der Waals surface area contributed by atoms with Crippen molar-refractivity contribution in [1.82, 2.24) is 24.7 Å². The van der Waals surface area contributed by atoms with Crippen molar-refractivity contribution < 1.29 is 4.79 Å². The van der Waals surface area contributed by atoms with E-state index in [0.29, 0.717) is 23.8 Å². The minimum Gasteiger partial charge on any atom is -0.351 e. The van der Waals surface area contributed by atoms with Gasteiger partial charge in [-0.25, -0.2) is 0 Å². The Morgan fingerprint density at radius 3 is 2.65 bits per heavy atom. The van der Waals surface area contributed by atoms with Crippen molar-refractivity contribution in [3.05, 3.63) is 18.0 Å². The normalized spacial score (nSPS) is 21.3. The molecule has 0 atom stereocenters. The summed E-state index contributed by atoms with van der Waals surface area (Å²) in [4.78, 5) is 16.7. The van der Waals surface area contributed by atoms with Crippen LogP contribution in [0.1, 0.15) is 56.7 Å². The molecule has 1 saturated heterocycles. The first-order valence-electron chi connectivity index (χ1n) is 9.92. The van der Waals surface area contributed by atoms with Crippen molar-refractivity contribution in [2.24, 2.45) is 5.92 Å². The third-order valence-electron chi connectivity index (χ3n) is 6.28. The van der Waals surface area contributed by atoms with Crippen molar-refractivity contribution in [1.29, 1.82) is 0 Å². The lowest BCUT2D eigenvalue weighted by Crippen LogP contribution is -2.60. The largest absolute Gasteiger partial charge is 0.351 e. The highest BCUT2D eigenvalue weighted by atomic mass is 16.2. The van der Waals surface area contributed by atoms with E-state index < -0.39 is 0 Å². The van der Waals surface area contributed by atoms with Crippen molar-refractivity contribution >= 4 is 17.4 Å². The van der Waals surface area contributed by atoms with E-state index in [1.807, 2.05) is 28.6 Å². The van der Waals surface area contributed by atoms with Crippen LogP contribution < -0.4 is 4.90 Å². The zero-order valence-electron chi connectivity index (χ0n) is 15.3. The fourth-order valence-electron chi connectivity index (χ4n) is 4.26. The van der Waals surface area contributed by atoms with E-state index in [9.17, 15) is 4.79 Å². The van der Waals surface area contributed by atoms with Crippen LogP contribution in [0.2, 0.25) is 0 Å². The number of fused-ring (bicyclic) bond motifs is 1. The number of rotatable bonds is 5. The minimum absolute atomic E-state index is 0.296. The van der Waals surface area contributed by atoms with Gasteiger partial charge in [0.05, 0.1) is 6.04 Å². The number of aromatic nitrogens is 4. The summed E-state index contributed by atoms with van der Waals surface area (Å²) >= 11 is 0. The van der Waals surface area contributed by atoms with Crippen LogP contribution in [0.5, 0.6) is 0 Å². The second-order valence-electron chi connectivity index (χ2n) is 8.21. The van der Waals surface area contributed by atoms with Crippen LogP contribution in [-0.4, -0.2) is 56.8 Å². The fourth-order valence-corrected chi connectivity index (χ4v) is 4.26. The number of hydrogen-bond acceptors (Lipinski definition) is 5. The van der Waals surface area contributed by atoms with Gasteiger partial charge < -0.3 is 9.80 Å². The van der Waals surface area contributed by atoms with Crippen LogP contribution in [0.25, 0.3) is 5.65 Å². The molecule has 26 heavy (non-hydrogen) atoms. The van der Waals surface area contributed by atoms with E-state index >= 15 is 0 Å². The molecule has 1 aliphatic heterocycles. The minimum atomic E-state index is 0.296. The van der Waals surface area contributed by atoms with Gasteiger partial charge in [-0.05, 0) is 43.7 Å². The summed E-state index contributed by atoms with van der Waals surface area (Å²) in [5.74, 6) is 3.38. The van der Waals surface area contributed by atoms with Crippen LogP contribution in [0.3, 0.4) is 0 Å². The molecular formula is C19H26N6O. The average Bonchev–Trinajstić information content (AvgIpc) is 3.15. The molecule has 7 nitrogen and oxygen atoms in total. The fraction of sp³-hybridized carbons (Fsp3) is 0.684. The Hall–Kier alpha value is -2.18. The summed E-state index contributed by atoms with van der Waals surface area (Å²) in [7, 11) is 1.96. The van der Waals surface area contributed by atoms with Gasteiger partial charge in [-0.1, -0.05) is 12.8 Å². The van der Waals surface area contributed by atoms with Gasteiger partial charge in [0.15, 0.2) is 11.5 Å². The Kier molecular flexibility index (Phi) is 3.83. The van der Waals surface area contributed by atoms with Gasteiger partial charge in [0.25, 0.3) is 0 Å². The first-order chi connectivity index (χ1) is 12.7. The molecule has 0 unspecified atom stereocenters. The molecule has 2 aromatic heterocycles. The molecule has 0 spiro atoms. The zero-order chi connectivity index (χ0) is 17.7. The highest BCUT2D eigenvalue weighted by molar-refractivity contribution is 5.77. The lowest BCUT2D eigenvalue weighted by Gasteiger charge is -2.44. The Morgan fingerprint density at radius 2 is 1.92 bits per heavy atom. The maximum Gasteiger partial charge on any atom is 0.222 e. The third-order valence-corrected chi connectivity index (χ3v) is 6.28. The van der Waals surface area contributed by atoms with Gasteiger partial charge in [0, 0.05) is 32.5 Å². The summed E-state index contributed by atoms with van der Waals surface area (Å²) in [6, 6.07) is 4.30. The van der Waals surface area contributed by atoms with Crippen LogP contribution in [0, 0.1) is 5.92 Å². The van der Waals surface area contributed by atoms with Crippen LogP contribution in [0.4, 0.5) is 5.82 Å². The van der Waals surface area contributed by atoms with Crippen LogP contribution in [0.15, 0.2) is 12.1 Å². The van der Waals surface area contributed by atoms with Gasteiger partial charge >= 0.3 is 0 Å². The van der Waals surface area contributed by atoms with Crippen molar-refractivity contribution in [2.45, 2.75) is 56.9 Å². The Labute approximate surface area is 153 Å². The second-order valence-corrected chi connectivity index (χ2v) is 8.21. The summed E-state index contributed by atoms with van der Waals surface area (Å²) in [5, 5.41) is 13.3. The molecule has 2 aliphatic carbocycles. The van der Waals surface area contributed by atoms with E-state index in [1.165, 1.54) is 38.5 Å². The van der Waals surface area contributed by atoms with Crippen LogP contribution in [-0.2, 0) is 4.79 Å². The topological polar surface area (TPSA) is 66.6 Å². The lowest BCUT2D eigenvalue weighted by molar-refractivity contribution is -0.133. The molecule has 3 fully saturated rings. The first-order valence-corrected chi connectivity index (χ1v) is 9.92. The predicted octanol–water partition coefficient (Wildman–Crippen LogP) is 2.23. The molecule has 138 valence electrons. The molecule has 3 aliphatic rings. The van der Waals surface area contributed by atoms with E-state index in [1.54, 1.807) is 0 Å². The standard InChI is InChI=1S/C19H26N6O/c1-23(18(26)10-13-4-2-3-5-13)15-11-24(12-15)17-9-8-16-20-21-19(14-6-7-14)25(16)22-17/h8-9,13-15H,2-7,10-12H2,1H3. The average molecular weight is 354 g/mol. The molecule has 7 heteroatoms.